The topological polar surface area (TPSA) is 12.9 Å². The largest absolute Gasteiger partial charge is 0.192 e. The minimum atomic E-state index is 1.13. The normalized spacial score (nSPS) is 10.3. The van der Waals surface area contributed by atoms with Gasteiger partial charge in [-0.2, -0.15) is 4.37 Å². The first-order chi connectivity index (χ1) is 6.29. The maximum absolute atomic E-state index is 4.39. The van der Waals surface area contributed by atoms with E-state index in [1.807, 2.05) is 0 Å². The zero-order valence-corrected chi connectivity index (χ0v) is 8.56. The number of hydrogen-bond donors (Lipinski definition) is 0. The molecule has 0 aliphatic rings. The Morgan fingerprint density at radius 3 is 2.46 bits per heavy atom. The molecule has 0 unspecified atom stereocenters. The van der Waals surface area contributed by atoms with Gasteiger partial charge in [0.05, 0.1) is 5.69 Å². The Hall–Kier alpha value is -1.15. The highest BCUT2D eigenvalue weighted by molar-refractivity contribution is 7.04. The zero-order chi connectivity index (χ0) is 9.26. The second kappa shape index (κ2) is 3.30. The molecule has 1 aromatic heterocycles. The molecule has 0 aliphatic carbocycles. The number of rotatable bonds is 1. The summed E-state index contributed by atoms with van der Waals surface area (Å²) in [5.41, 5.74) is 4.93. The maximum atomic E-state index is 4.39. The van der Waals surface area contributed by atoms with Gasteiger partial charge in [-0.25, -0.2) is 0 Å². The fourth-order valence-corrected chi connectivity index (χ4v) is 2.06. The molecule has 13 heavy (non-hydrogen) atoms. The molecule has 1 aromatic carbocycles. The molecule has 2 aromatic rings. The van der Waals surface area contributed by atoms with Crippen LogP contribution in [0.5, 0.6) is 0 Å². The first-order valence-corrected chi connectivity index (χ1v) is 5.09. The average Bonchev–Trinajstić information content (AvgIpc) is 2.52. The minimum absolute atomic E-state index is 1.13. The summed E-state index contributed by atoms with van der Waals surface area (Å²) >= 11 is 1.52. The van der Waals surface area contributed by atoms with E-state index >= 15 is 0 Å². The molecule has 66 valence electrons. The predicted octanol–water partition coefficient (Wildman–Crippen LogP) is 3.43. The first kappa shape index (κ1) is 8.45. The Labute approximate surface area is 82.2 Å². The molecule has 0 atom stereocenters. The molecular weight excluding hydrogens is 178 g/mol. The fraction of sp³-hybridized carbons (Fsp3) is 0.182. The van der Waals surface area contributed by atoms with Crippen molar-refractivity contribution in [2.24, 2.45) is 0 Å². The van der Waals surface area contributed by atoms with Crippen LogP contribution in [0.15, 0.2) is 29.6 Å². The van der Waals surface area contributed by atoms with E-state index in [-0.39, 0.29) is 0 Å². The van der Waals surface area contributed by atoms with E-state index in [9.17, 15) is 0 Å². The van der Waals surface area contributed by atoms with Crippen LogP contribution in [0.25, 0.3) is 11.3 Å². The Bertz CT molecular complexity index is 418. The highest BCUT2D eigenvalue weighted by atomic mass is 32.1. The van der Waals surface area contributed by atoms with Crippen LogP contribution >= 0.6 is 11.5 Å². The molecule has 1 nitrogen and oxygen atoms in total. The van der Waals surface area contributed by atoms with Gasteiger partial charge in [-0.15, -0.1) is 0 Å². The van der Waals surface area contributed by atoms with Crippen LogP contribution in [0.3, 0.4) is 0 Å². The number of aryl methyl sites for hydroxylation is 2. The number of hydrogen-bond acceptors (Lipinski definition) is 2. The van der Waals surface area contributed by atoms with E-state index in [2.05, 4.69) is 47.9 Å². The third kappa shape index (κ3) is 1.49. The molecular formula is C11H11NS. The summed E-state index contributed by atoms with van der Waals surface area (Å²) in [4.78, 5) is 0. The van der Waals surface area contributed by atoms with Gasteiger partial charge in [0.15, 0.2) is 0 Å². The lowest BCUT2D eigenvalue weighted by Crippen LogP contribution is -1.83. The molecule has 0 amide bonds. The van der Waals surface area contributed by atoms with Gasteiger partial charge in [-0.3, -0.25) is 0 Å². The van der Waals surface area contributed by atoms with Crippen LogP contribution in [-0.2, 0) is 0 Å². The van der Waals surface area contributed by atoms with E-state index < -0.39 is 0 Å². The molecule has 0 aliphatic heterocycles. The highest BCUT2D eigenvalue weighted by Crippen LogP contribution is 2.25. The van der Waals surface area contributed by atoms with Crippen LogP contribution in [0.2, 0.25) is 0 Å². The van der Waals surface area contributed by atoms with Gasteiger partial charge < -0.3 is 0 Å². The lowest BCUT2D eigenvalue weighted by molar-refractivity contribution is 1.38. The van der Waals surface area contributed by atoms with Gasteiger partial charge in [0.25, 0.3) is 0 Å². The SMILES string of the molecule is Cc1ccccc1-c1nscc1C. The first-order valence-electron chi connectivity index (χ1n) is 4.26. The van der Waals surface area contributed by atoms with Crippen LogP contribution < -0.4 is 0 Å². The Kier molecular flexibility index (Phi) is 2.15. The Morgan fingerprint density at radius 1 is 1.08 bits per heavy atom. The standard InChI is InChI=1S/C11H11NS/c1-8-5-3-4-6-10(8)11-9(2)7-13-12-11/h3-7H,1-2H3. The van der Waals surface area contributed by atoms with Gasteiger partial charge in [0, 0.05) is 10.9 Å². The quantitative estimate of drug-likeness (QED) is 0.669. The van der Waals surface area contributed by atoms with E-state index in [0.29, 0.717) is 0 Å². The molecule has 0 radical (unpaired) electrons. The monoisotopic (exact) mass is 189 g/mol. The summed E-state index contributed by atoms with van der Waals surface area (Å²) in [6, 6.07) is 8.35. The van der Waals surface area contributed by atoms with E-state index in [1.54, 1.807) is 0 Å². The van der Waals surface area contributed by atoms with E-state index in [0.717, 1.165) is 5.69 Å². The van der Waals surface area contributed by atoms with E-state index in [1.165, 1.54) is 28.2 Å². The summed E-state index contributed by atoms with van der Waals surface area (Å²) < 4.78 is 4.39. The van der Waals surface area contributed by atoms with Gasteiger partial charge in [0.2, 0.25) is 0 Å². The maximum Gasteiger partial charge on any atom is 0.0872 e. The fourth-order valence-electron chi connectivity index (χ4n) is 1.39. The van der Waals surface area contributed by atoms with Crippen molar-refractivity contribution in [2.75, 3.05) is 0 Å². The molecule has 2 rings (SSSR count). The summed E-state index contributed by atoms with van der Waals surface area (Å²) in [7, 11) is 0. The van der Waals surface area contributed by atoms with Crippen LogP contribution in [0.4, 0.5) is 0 Å². The Balaban J connectivity index is 2.59. The summed E-state index contributed by atoms with van der Waals surface area (Å²) in [5.74, 6) is 0. The second-order valence-corrected chi connectivity index (χ2v) is 3.79. The minimum Gasteiger partial charge on any atom is -0.192 e. The van der Waals surface area contributed by atoms with Crippen molar-refractivity contribution in [3.8, 4) is 11.3 Å². The summed E-state index contributed by atoms with van der Waals surface area (Å²) in [6.07, 6.45) is 0. The van der Waals surface area contributed by atoms with Crippen molar-refractivity contribution in [1.82, 2.24) is 4.37 Å². The molecule has 0 N–H and O–H groups in total. The van der Waals surface area contributed by atoms with Crippen molar-refractivity contribution >= 4 is 11.5 Å². The smallest absolute Gasteiger partial charge is 0.0872 e. The van der Waals surface area contributed by atoms with Gasteiger partial charge >= 0.3 is 0 Å². The highest BCUT2D eigenvalue weighted by Gasteiger charge is 2.05. The average molecular weight is 189 g/mol. The van der Waals surface area contributed by atoms with Crippen LogP contribution in [-0.4, -0.2) is 4.37 Å². The summed E-state index contributed by atoms with van der Waals surface area (Å²) in [6.45, 7) is 4.22. The number of benzene rings is 1. The lowest BCUT2D eigenvalue weighted by Gasteiger charge is -2.02. The van der Waals surface area contributed by atoms with Crippen molar-refractivity contribution in [1.29, 1.82) is 0 Å². The predicted molar refractivity (Wildman–Crippen MR) is 57.0 cm³/mol. The zero-order valence-electron chi connectivity index (χ0n) is 7.74. The number of aromatic nitrogens is 1. The van der Waals surface area contributed by atoms with Crippen molar-refractivity contribution in [3.05, 3.63) is 40.8 Å². The van der Waals surface area contributed by atoms with Crippen LogP contribution in [0.1, 0.15) is 11.1 Å². The molecule has 0 fully saturated rings. The number of nitrogens with zero attached hydrogens (tertiary/aromatic N) is 1. The third-order valence-corrected chi connectivity index (χ3v) is 2.89. The van der Waals surface area contributed by atoms with Crippen molar-refractivity contribution in [3.63, 3.8) is 0 Å². The van der Waals surface area contributed by atoms with Gasteiger partial charge in [0.1, 0.15) is 0 Å². The molecule has 1 heterocycles. The lowest BCUT2D eigenvalue weighted by atomic mass is 10.0. The third-order valence-electron chi connectivity index (χ3n) is 2.15. The molecule has 0 saturated carbocycles. The van der Waals surface area contributed by atoms with Gasteiger partial charge in [-0.1, -0.05) is 24.3 Å². The molecule has 0 saturated heterocycles. The molecule has 0 spiro atoms. The van der Waals surface area contributed by atoms with Crippen molar-refractivity contribution in [2.45, 2.75) is 13.8 Å². The van der Waals surface area contributed by atoms with E-state index in [4.69, 9.17) is 0 Å². The second-order valence-electron chi connectivity index (χ2n) is 3.16. The molecule has 2 heteroatoms. The van der Waals surface area contributed by atoms with Gasteiger partial charge in [-0.05, 0) is 36.5 Å². The Morgan fingerprint density at radius 2 is 1.85 bits per heavy atom. The molecule has 0 bridgehead atoms. The van der Waals surface area contributed by atoms with Crippen LogP contribution in [0, 0.1) is 13.8 Å². The van der Waals surface area contributed by atoms with Crippen molar-refractivity contribution < 1.29 is 0 Å². The summed E-state index contributed by atoms with van der Waals surface area (Å²) in [5, 5.41) is 2.09.